The quantitative estimate of drug-likeness (QED) is 0.705. The van der Waals surface area contributed by atoms with Gasteiger partial charge in [0.25, 0.3) is 10.2 Å². The van der Waals surface area contributed by atoms with Crippen molar-refractivity contribution in [1.82, 2.24) is 13.9 Å². The second kappa shape index (κ2) is 6.38. The first-order valence-electron chi connectivity index (χ1n) is 7.01. The van der Waals surface area contributed by atoms with Crippen LogP contribution < -0.4 is 5.32 Å². The highest BCUT2D eigenvalue weighted by molar-refractivity contribution is 7.86. The Bertz CT molecular complexity index is 446. The maximum Gasteiger partial charge on any atom is 0.308 e. The largest absolute Gasteiger partial charge is 0.469 e. The molecule has 0 aliphatic carbocycles. The summed E-state index contributed by atoms with van der Waals surface area (Å²) in [7, 11) is -2.03. The van der Waals surface area contributed by atoms with Gasteiger partial charge in [-0.3, -0.25) is 4.79 Å². The van der Waals surface area contributed by atoms with Crippen LogP contribution in [0.1, 0.15) is 19.8 Å². The van der Waals surface area contributed by atoms with Gasteiger partial charge in [0.1, 0.15) is 0 Å². The van der Waals surface area contributed by atoms with Gasteiger partial charge >= 0.3 is 5.97 Å². The van der Waals surface area contributed by atoms with Crippen LogP contribution in [0.25, 0.3) is 0 Å². The molecule has 0 bridgehead atoms. The second-order valence-electron chi connectivity index (χ2n) is 5.42. The van der Waals surface area contributed by atoms with Crippen LogP contribution in [0.3, 0.4) is 0 Å². The van der Waals surface area contributed by atoms with Crippen LogP contribution in [0.5, 0.6) is 0 Å². The number of esters is 1. The van der Waals surface area contributed by atoms with Crippen molar-refractivity contribution < 1.29 is 17.9 Å². The van der Waals surface area contributed by atoms with Crippen LogP contribution in [0, 0.1) is 5.92 Å². The lowest BCUT2D eigenvalue weighted by molar-refractivity contribution is -0.146. The number of piperidine rings is 1. The summed E-state index contributed by atoms with van der Waals surface area (Å²) in [6.45, 7) is 4.44. The van der Waals surface area contributed by atoms with E-state index in [1.165, 1.54) is 15.7 Å². The third-order valence-electron chi connectivity index (χ3n) is 3.97. The number of ether oxygens (including phenoxy) is 1. The summed E-state index contributed by atoms with van der Waals surface area (Å²) in [4.78, 5) is 11.5. The molecule has 0 amide bonds. The second-order valence-corrected chi connectivity index (χ2v) is 7.35. The van der Waals surface area contributed by atoms with E-state index in [1.807, 2.05) is 6.92 Å². The minimum Gasteiger partial charge on any atom is -0.469 e. The molecule has 20 heavy (non-hydrogen) atoms. The lowest BCUT2D eigenvalue weighted by atomic mass is 9.99. The molecule has 1 atom stereocenters. The molecule has 2 fully saturated rings. The van der Waals surface area contributed by atoms with Gasteiger partial charge in [0.05, 0.1) is 13.0 Å². The SMILES string of the molecule is COC(=O)C1CCN(S(=O)(=O)N2CCNC(C)C2)CC1. The Kier molecular flexibility index (Phi) is 5.00. The molecule has 8 heteroatoms. The van der Waals surface area contributed by atoms with Crippen molar-refractivity contribution in [3.8, 4) is 0 Å². The van der Waals surface area contributed by atoms with Crippen molar-refractivity contribution >= 4 is 16.2 Å². The van der Waals surface area contributed by atoms with Crippen molar-refractivity contribution in [3.05, 3.63) is 0 Å². The van der Waals surface area contributed by atoms with E-state index < -0.39 is 10.2 Å². The number of carbonyl (C=O) groups excluding carboxylic acids is 1. The van der Waals surface area contributed by atoms with Gasteiger partial charge in [-0.15, -0.1) is 0 Å². The van der Waals surface area contributed by atoms with E-state index >= 15 is 0 Å². The van der Waals surface area contributed by atoms with E-state index in [0.717, 1.165) is 0 Å². The molecule has 1 unspecified atom stereocenters. The fourth-order valence-electron chi connectivity index (χ4n) is 2.76. The number of rotatable bonds is 3. The Labute approximate surface area is 120 Å². The zero-order valence-electron chi connectivity index (χ0n) is 12.0. The molecule has 116 valence electrons. The molecule has 2 rings (SSSR count). The number of piperazine rings is 1. The average molecular weight is 305 g/mol. The maximum atomic E-state index is 12.5. The van der Waals surface area contributed by atoms with E-state index in [2.05, 4.69) is 5.32 Å². The Morgan fingerprint density at radius 2 is 1.85 bits per heavy atom. The Morgan fingerprint density at radius 1 is 1.20 bits per heavy atom. The first-order chi connectivity index (χ1) is 9.45. The highest BCUT2D eigenvalue weighted by Crippen LogP contribution is 2.22. The van der Waals surface area contributed by atoms with E-state index in [0.29, 0.717) is 45.6 Å². The highest BCUT2D eigenvalue weighted by Gasteiger charge is 2.36. The number of carbonyl (C=O) groups is 1. The fourth-order valence-corrected chi connectivity index (χ4v) is 4.49. The predicted molar refractivity (Wildman–Crippen MR) is 74.3 cm³/mol. The summed E-state index contributed by atoms with van der Waals surface area (Å²) in [5, 5.41) is 3.23. The van der Waals surface area contributed by atoms with Crippen molar-refractivity contribution in [2.75, 3.05) is 39.8 Å². The average Bonchev–Trinajstić information content (AvgIpc) is 2.46. The summed E-state index contributed by atoms with van der Waals surface area (Å²) >= 11 is 0. The number of hydrogen-bond acceptors (Lipinski definition) is 5. The van der Waals surface area contributed by atoms with Gasteiger partial charge in [0.15, 0.2) is 0 Å². The first kappa shape index (κ1) is 15.7. The summed E-state index contributed by atoms with van der Waals surface area (Å²) < 4.78 is 32.8. The summed E-state index contributed by atoms with van der Waals surface area (Å²) in [5.41, 5.74) is 0. The summed E-state index contributed by atoms with van der Waals surface area (Å²) in [6, 6.07) is 0.172. The molecule has 0 aromatic rings. The van der Waals surface area contributed by atoms with Gasteiger partial charge in [0, 0.05) is 38.8 Å². The number of nitrogens with one attached hydrogen (secondary N) is 1. The fraction of sp³-hybridized carbons (Fsp3) is 0.917. The maximum absolute atomic E-state index is 12.5. The van der Waals surface area contributed by atoms with Gasteiger partial charge < -0.3 is 10.1 Å². The summed E-state index contributed by atoms with van der Waals surface area (Å²) in [5.74, 6) is -0.411. The zero-order chi connectivity index (χ0) is 14.8. The molecular formula is C12H23N3O4S. The molecule has 7 nitrogen and oxygen atoms in total. The van der Waals surface area contributed by atoms with E-state index in [4.69, 9.17) is 4.74 Å². The molecule has 0 saturated carbocycles. The topological polar surface area (TPSA) is 79.0 Å². The van der Waals surface area contributed by atoms with Gasteiger partial charge in [0.2, 0.25) is 0 Å². The third kappa shape index (κ3) is 3.30. The number of nitrogens with zero attached hydrogens (tertiary/aromatic N) is 2. The molecule has 2 saturated heterocycles. The van der Waals surface area contributed by atoms with Crippen LogP contribution in [-0.4, -0.2) is 68.9 Å². The monoisotopic (exact) mass is 305 g/mol. The lowest BCUT2D eigenvalue weighted by Crippen LogP contribution is -2.56. The number of hydrogen-bond donors (Lipinski definition) is 1. The number of methoxy groups -OCH3 is 1. The van der Waals surface area contributed by atoms with Crippen LogP contribution in [0.4, 0.5) is 0 Å². The van der Waals surface area contributed by atoms with Gasteiger partial charge in [-0.1, -0.05) is 0 Å². The smallest absolute Gasteiger partial charge is 0.308 e. The third-order valence-corrected chi connectivity index (χ3v) is 5.97. The van der Waals surface area contributed by atoms with E-state index in [9.17, 15) is 13.2 Å². The van der Waals surface area contributed by atoms with Crippen LogP contribution in [0.2, 0.25) is 0 Å². The molecule has 0 spiro atoms. The van der Waals surface area contributed by atoms with E-state index in [-0.39, 0.29) is 17.9 Å². The van der Waals surface area contributed by atoms with Gasteiger partial charge in [-0.25, -0.2) is 0 Å². The molecule has 0 aromatic heterocycles. The Hall–Kier alpha value is -0.700. The van der Waals surface area contributed by atoms with Gasteiger partial charge in [-0.05, 0) is 19.8 Å². The minimum absolute atomic E-state index is 0.172. The molecule has 2 aliphatic heterocycles. The van der Waals surface area contributed by atoms with Crippen molar-refractivity contribution in [2.45, 2.75) is 25.8 Å². The molecular weight excluding hydrogens is 282 g/mol. The lowest BCUT2D eigenvalue weighted by Gasteiger charge is -2.37. The zero-order valence-corrected chi connectivity index (χ0v) is 12.9. The van der Waals surface area contributed by atoms with E-state index in [1.54, 1.807) is 0 Å². The Morgan fingerprint density at radius 3 is 2.40 bits per heavy atom. The molecule has 2 aliphatic rings. The van der Waals surface area contributed by atoms with Crippen molar-refractivity contribution in [3.63, 3.8) is 0 Å². The highest BCUT2D eigenvalue weighted by atomic mass is 32.2. The van der Waals surface area contributed by atoms with Crippen LogP contribution in [0.15, 0.2) is 0 Å². The molecule has 2 heterocycles. The van der Waals surface area contributed by atoms with Crippen molar-refractivity contribution in [1.29, 1.82) is 0 Å². The standard InChI is InChI=1S/C12H23N3O4S/c1-10-9-15(8-5-13-10)20(17,18)14-6-3-11(4-7-14)12(16)19-2/h10-11,13H,3-9H2,1-2H3. The summed E-state index contributed by atoms with van der Waals surface area (Å²) in [6.07, 6.45) is 1.07. The minimum atomic E-state index is -3.40. The first-order valence-corrected chi connectivity index (χ1v) is 8.41. The molecule has 1 N–H and O–H groups in total. The Balaban J connectivity index is 1.96. The van der Waals surface area contributed by atoms with Crippen molar-refractivity contribution in [2.24, 2.45) is 5.92 Å². The van der Waals surface area contributed by atoms with Crippen LogP contribution >= 0.6 is 0 Å². The molecule has 0 radical (unpaired) electrons. The predicted octanol–water partition coefficient (Wildman–Crippen LogP) is -0.590. The van der Waals surface area contributed by atoms with Gasteiger partial charge in [-0.2, -0.15) is 17.0 Å². The molecule has 0 aromatic carbocycles. The van der Waals surface area contributed by atoms with Crippen LogP contribution in [-0.2, 0) is 19.7 Å². The normalized spacial score (nSPS) is 27.4.